The van der Waals surface area contributed by atoms with E-state index >= 15 is 0 Å². The SMILES string of the molecule is CNC(=O)c1ccc(CN(C)C(=O)CN2C(=O)[C@@H](C)N(c3ccc(C)cc3)C2=O)cc1. The first-order valence-electron chi connectivity index (χ1n) is 9.99. The van der Waals surface area contributed by atoms with E-state index in [4.69, 9.17) is 0 Å². The van der Waals surface area contributed by atoms with E-state index < -0.39 is 18.0 Å². The van der Waals surface area contributed by atoms with Gasteiger partial charge in [-0.15, -0.1) is 0 Å². The molecule has 162 valence electrons. The van der Waals surface area contributed by atoms with Crippen LogP contribution in [0, 0.1) is 6.92 Å². The van der Waals surface area contributed by atoms with Crippen molar-refractivity contribution in [1.29, 1.82) is 0 Å². The Bertz CT molecular complexity index is 1000. The maximum atomic E-state index is 12.9. The number of carbonyl (C=O) groups is 4. The monoisotopic (exact) mass is 422 g/mol. The van der Waals surface area contributed by atoms with Gasteiger partial charge in [0.15, 0.2) is 0 Å². The minimum absolute atomic E-state index is 0.186. The van der Waals surface area contributed by atoms with Crippen LogP contribution in [-0.2, 0) is 16.1 Å². The molecule has 8 heteroatoms. The van der Waals surface area contributed by atoms with Crippen molar-refractivity contribution in [3.8, 4) is 0 Å². The highest BCUT2D eigenvalue weighted by molar-refractivity contribution is 6.15. The number of rotatable bonds is 6. The van der Waals surface area contributed by atoms with Crippen LogP contribution in [0.4, 0.5) is 10.5 Å². The van der Waals surface area contributed by atoms with E-state index in [1.165, 1.54) is 9.80 Å². The second-order valence-corrected chi connectivity index (χ2v) is 7.61. The van der Waals surface area contributed by atoms with Gasteiger partial charge in [-0.05, 0) is 43.7 Å². The Morgan fingerprint density at radius 3 is 2.23 bits per heavy atom. The van der Waals surface area contributed by atoms with Crippen molar-refractivity contribution in [3.63, 3.8) is 0 Å². The largest absolute Gasteiger partial charge is 0.355 e. The predicted molar refractivity (Wildman–Crippen MR) is 117 cm³/mol. The fourth-order valence-electron chi connectivity index (χ4n) is 3.43. The van der Waals surface area contributed by atoms with E-state index in [0.717, 1.165) is 16.0 Å². The van der Waals surface area contributed by atoms with E-state index in [9.17, 15) is 19.2 Å². The summed E-state index contributed by atoms with van der Waals surface area (Å²) in [6.45, 7) is 3.57. The van der Waals surface area contributed by atoms with Gasteiger partial charge in [-0.2, -0.15) is 0 Å². The lowest BCUT2D eigenvalue weighted by molar-refractivity contribution is -0.136. The topological polar surface area (TPSA) is 90.0 Å². The average molecular weight is 422 g/mol. The summed E-state index contributed by atoms with van der Waals surface area (Å²) in [5.41, 5.74) is 3.03. The molecule has 1 heterocycles. The number of likely N-dealkylation sites (N-methyl/N-ethyl adjacent to an activating group) is 1. The lowest BCUT2D eigenvalue weighted by Gasteiger charge is -2.21. The lowest BCUT2D eigenvalue weighted by Crippen LogP contribution is -2.42. The molecular weight excluding hydrogens is 396 g/mol. The fourth-order valence-corrected chi connectivity index (χ4v) is 3.43. The minimum Gasteiger partial charge on any atom is -0.355 e. The Morgan fingerprint density at radius 2 is 1.65 bits per heavy atom. The molecule has 0 saturated carbocycles. The third-order valence-corrected chi connectivity index (χ3v) is 5.34. The van der Waals surface area contributed by atoms with Gasteiger partial charge < -0.3 is 10.2 Å². The van der Waals surface area contributed by atoms with Crippen molar-refractivity contribution < 1.29 is 19.2 Å². The predicted octanol–water partition coefficient (Wildman–Crippen LogP) is 2.17. The average Bonchev–Trinajstić information content (AvgIpc) is 2.97. The number of anilines is 1. The Labute approximate surface area is 181 Å². The summed E-state index contributed by atoms with van der Waals surface area (Å²) in [4.78, 5) is 53.7. The first-order chi connectivity index (χ1) is 14.7. The van der Waals surface area contributed by atoms with Gasteiger partial charge in [0, 0.05) is 31.9 Å². The number of amides is 5. The second-order valence-electron chi connectivity index (χ2n) is 7.61. The summed E-state index contributed by atoms with van der Waals surface area (Å²) in [5.74, 6) is -0.938. The van der Waals surface area contributed by atoms with Crippen LogP contribution in [0.25, 0.3) is 0 Å². The number of hydrogen-bond acceptors (Lipinski definition) is 4. The quantitative estimate of drug-likeness (QED) is 0.723. The Morgan fingerprint density at radius 1 is 1.03 bits per heavy atom. The summed E-state index contributed by atoms with van der Waals surface area (Å²) in [6, 6.07) is 13.0. The molecular formula is C23H26N4O4. The molecule has 8 nitrogen and oxygen atoms in total. The van der Waals surface area contributed by atoms with Crippen LogP contribution in [0.1, 0.15) is 28.4 Å². The van der Waals surface area contributed by atoms with Gasteiger partial charge in [-0.1, -0.05) is 29.8 Å². The van der Waals surface area contributed by atoms with Crippen LogP contribution in [0.15, 0.2) is 48.5 Å². The number of nitrogens with zero attached hydrogens (tertiary/aromatic N) is 3. The molecule has 0 radical (unpaired) electrons. The number of hydrogen-bond donors (Lipinski definition) is 1. The van der Waals surface area contributed by atoms with E-state index in [1.807, 2.05) is 19.1 Å². The van der Waals surface area contributed by atoms with E-state index in [-0.39, 0.29) is 18.4 Å². The molecule has 1 atom stereocenters. The highest BCUT2D eigenvalue weighted by atomic mass is 16.2. The molecule has 5 amide bonds. The normalized spacial score (nSPS) is 15.9. The van der Waals surface area contributed by atoms with Crippen molar-refractivity contribution in [3.05, 3.63) is 65.2 Å². The third kappa shape index (κ3) is 4.58. The van der Waals surface area contributed by atoms with Crippen molar-refractivity contribution in [2.75, 3.05) is 25.5 Å². The smallest absolute Gasteiger partial charge is 0.332 e. The van der Waals surface area contributed by atoms with Crippen LogP contribution in [0.2, 0.25) is 0 Å². The van der Waals surface area contributed by atoms with Gasteiger partial charge in [-0.3, -0.25) is 24.2 Å². The van der Waals surface area contributed by atoms with Crippen molar-refractivity contribution in [2.24, 2.45) is 0 Å². The molecule has 2 aromatic rings. The summed E-state index contributed by atoms with van der Waals surface area (Å²) < 4.78 is 0. The maximum Gasteiger partial charge on any atom is 0.332 e. The van der Waals surface area contributed by atoms with Crippen molar-refractivity contribution in [1.82, 2.24) is 15.1 Å². The van der Waals surface area contributed by atoms with Crippen LogP contribution in [0.5, 0.6) is 0 Å². The number of aryl methyl sites for hydroxylation is 1. The van der Waals surface area contributed by atoms with Gasteiger partial charge in [0.05, 0.1) is 0 Å². The van der Waals surface area contributed by atoms with Crippen LogP contribution in [-0.4, -0.2) is 60.2 Å². The van der Waals surface area contributed by atoms with Crippen LogP contribution >= 0.6 is 0 Å². The van der Waals surface area contributed by atoms with Gasteiger partial charge in [0.25, 0.3) is 11.8 Å². The standard InChI is InChI=1S/C23H26N4O4/c1-15-5-11-19(12-6-15)27-16(2)22(30)26(23(27)31)14-20(28)25(4)13-17-7-9-18(10-8-17)21(29)24-3/h5-12,16H,13-14H2,1-4H3,(H,24,29)/t16-/m1/s1. The molecule has 0 aromatic heterocycles. The van der Waals surface area contributed by atoms with E-state index in [2.05, 4.69) is 5.32 Å². The van der Waals surface area contributed by atoms with Crippen molar-refractivity contribution >= 4 is 29.4 Å². The molecule has 1 aliphatic rings. The molecule has 0 bridgehead atoms. The Hall–Kier alpha value is -3.68. The molecule has 1 fully saturated rings. The molecule has 1 aliphatic heterocycles. The zero-order valence-electron chi connectivity index (χ0n) is 18.1. The number of imide groups is 1. The van der Waals surface area contributed by atoms with Crippen LogP contribution < -0.4 is 10.2 Å². The van der Waals surface area contributed by atoms with Gasteiger partial charge in [0.1, 0.15) is 12.6 Å². The lowest BCUT2D eigenvalue weighted by atomic mass is 10.1. The molecule has 1 N–H and O–H groups in total. The number of carbonyl (C=O) groups excluding carboxylic acids is 4. The Balaban J connectivity index is 1.66. The zero-order valence-corrected chi connectivity index (χ0v) is 18.1. The summed E-state index contributed by atoms with van der Waals surface area (Å²) in [6.07, 6.45) is 0. The van der Waals surface area contributed by atoms with Crippen molar-refractivity contribution in [2.45, 2.75) is 26.4 Å². The second kappa shape index (κ2) is 8.99. The fraction of sp³-hybridized carbons (Fsp3) is 0.304. The maximum absolute atomic E-state index is 12.9. The molecule has 1 saturated heterocycles. The van der Waals surface area contributed by atoms with Gasteiger partial charge in [-0.25, -0.2) is 4.79 Å². The number of urea groups is 1. The molecule has 3 rings (SSSR count). The first kappa shape index (κ1) is 22.0. The van der Waals surface area contributed by atoms with E-state index in [1.54, 1.807) is 57.4 Å². The number of benzene rings is 2. The van der Waals surface area contributed by atoms with E-state index in [0.29, 0.717) is 17.8 Å². The first-order valence-corrected chi connectivity index (χ1v) is 9.99. The minimum atomic E-state index is -0.675. The highest BCUT2D eigenvalue weighted by Gasteiger charge is 2.44. The zero-order chi connectivity index (χ0) is 22.7. The summed E-state index contributed by atoms with van der Waals surface area (Å²) >= 11 is 0. The summed E-state index contributed by atoms with van der Waals surface area (Å²) in [7, 11) is 3.17. The molecule has 0 unspecified atom stereocenters. The molecule has 2 aromatic carbocycles. The number of nitrogens with one attached hydrogen (secondary N) is 1. The summed E-state index contributed by atoms with van der Waals surface area (Å²) in [5, 5.41) is 2.55. The van der Waals surface area contributed by atoms with Crippen LogP contribution in [0.3, 0.4) is 0 Å². The molecule has 31 heavy (non-hydrogen) atoms. The molecule has 0 aliphatic carbocycles. The van der Waals surface area contributed by atoms with Gasteiger partial charge >= 0.3 is 6.03 Å². The highest BCUT2D eigenvalue weighted by Crippen LogP contribution is 2.26. The van der Waals surface area contributed by atoms with Gasteiger partial charge in [0.2, 0.25) is 5.91 Å². The molecule has 0 spiro atoms. The Kier molecular flexibility index (Phi) is 6.39. The third-order valence-electron chi connectivity index (χ3n) is 5.34.